The Balaban J connectivity index is 2.66. The van der Waals surface area contributed by atoms with E-state index in [0.717, 1.165) is 4.47 Å². The maximum Gasteiger partial charge on any atom is 0.271 e. The Labute approximate surface area is 149 Å². The monoisotopic (exact) mass is 387 g/mol. The Kier molecular flexibility index (Phi) is 5.58. The third-order valence-electron chi connectivity index (χ3n) is 3.98. The van der Waals surface area contributed by atoms with Crippen molar-refractivity contribution in [3.63, 3.8) is 0 Å². The van der Waals surface area contributed by atoms with Gasteiger partial charge in [-0.2, -0.15) is 5.26 Å². The van der Waals surface area contributed by atoms with Gasteiger partial charge in [-0.1, -0.05) is 28.9 Å². The molecule has 0 bridgehead atoms. The van der Waals surface area contributed by atoms with Crippen LogP contribution in [0.5, 0.6) is 5.88 Å². The van der Waals surface area contributed by atoms with E-state index in [2.05, 4.69) is 20.9 Å². The molecule has 124 valence electrons. The lowest BCUT2D eigenvalue weighted by Gasteiger charge is -2.18. The first-order valence-corrected chi connectivity index (χ1v) is 8.37. The average Bonchev–Trinajstić information content (AvgIpc) is 2.55. The molecular weight excluding hydrogens is 370 g/mol. The number of rotatable bonds is 4. The third kappa shape index (κ3) is 3.41. The van der Waals surface area contributed by atoms with Gasteiger partial charge in [0.25, 0.3) is 5.56 Å². The number of aromatic nitrogens is 1. The van der Waals surface area contributed by atoms with Gasteiger partial charge in [0, 0.05) is 16.7 Å². The van der Waals surface area contributed by atoms with Crippen molar-refractivity contribution in [1.82, 2.24) is 4.57 Å². The van der Waals surface area contributed by atoms with Gasteiger partial charge in [-0.25, -0.2) is 0 Å². The molecule has 1 aromatic carbocycles. The summed E-state index contributed by atoms with van der Waals surface area (Å²) in [7, 11) is 0. The van der Waals surface area contributed by atoms with Crippen LogP contribution < -0.4 is 5.56 Å². The first kappa shape index (κ1) is 18.0. The summed E-state index contributed by atoms with van der Waals surface area (Å²) in [6, 6.07) is 9.12. The Morgan fingerprint density at radius 3 is 2.79 bits per heavy atom. The Hall–Kier alpha value is -2.39. The van der Waals surface area contributed by atoms with Gasteiger partial charge in [-0.3, -0.25) is 14.4 Å². The van der Waals surface area contributed by atoms with Crippen molar-refractivity contribution in [2.45, 2.75) is 33.2 Å². The molecule has 1 heterocycles. The van der Waals surface area contributed by atoms with Crippen molar-refractivity contribution in [2.24, 2.45) is 4.99 Å². The largest absolute Gasteiger partial charge is 0.494 e. The van der Waals surface area contributed by atoms with E-state index in [1.807, 2.05) is 44.2 Å². The molecule has 0 spiro atoms. The number of benzene rings is 1. The number of hydrogen-bond donors (Lipinski definition) is 1. The minimum Gasteiger partial charge on any atom is -0.494 e. The number of pyridine rings is 1. The molecule has 0 fully saturated rings. The smallest absolute Gasteiger partial charge is 0.271 e. The van der Waals surface area contributed by atoms with Crippen LogP contribution in [-0.2, 0) is 0 Å². The molecular formula is C18H18BrN3O2. The fourth-order valence-electron chi connectivity index (χ4n) is 2.38. The predicted octanol–water partition coefficient (Wildman–Crippen LogP) is 4.22. The van der Waals surface area contributed by atoms with Gasteiger partial charge < -0.3 is 5.11 Å². The first-order chi connectivity index (χ1) is 11.4. The van der Waals surface area contributed by atoms with Crippen molar-refractivity contribution < 1.29 is 5.11 Å². The van der Waals surface area contributed by atoms with Crippen molar-refractivity contribution in [2.75, 3.05) is 0 Å². The molecule has 1 aromatic heterocycles. The van der Waals surface area contributed by atoms with Crippen LogP contribution in [0.15, 0.2) is 38.5 Å². The number of hydrogen-bond acceptors (Lipinski definition) is 4. The topological polar surface area (TPSA) is 78.4 Å². The second kappa shape index (κ2) is 7.45. The van der Waals surface area contributed by atoms with Crippen molar-refractivity contribution in [3.8, 4) is 11.9 Å². The highest BCUT2D eigenvalue weighted by atomic mass is 79.9. The lowest BCUT2D eigenvalue weighted by atomic mass is 10.0. The summed E-state index contributed by atoms with van der Waals surface area (Å²) < 4.78 is 2.15. The molecule has 6 heteroatoms. The summed E-state index contributed by atoms with van der Waals surface area (Å²) in [6.07, 6.45) is 2.15. The number of nitrogens with zero attached hydrogens (tertiary/aromatic N) is 3. The zero-order valence-electron chi connectivity index (χ0n) is 13.7. The quantitative estimate of drug-likeness (QED) is 0.797. The average molecular weight is 388 g/mol. The number of halogens is 1. The molecule has 1 unspecified atom stereocenters. The molecule has 0 aliphatic carbocycles. The summed E-state index contributed by atoms with van der Waals surface area (Å²) >= 11 is 3.38. The summed E-state index contributed by atoms with van der Waals surface area (Å²) in [4.78, 5) is 16.8. The standard InChI is InChI=1S/C18H18BrN3O2/c1-4-11(2)22-17(23)15(9-20)12(3)16(18(22)24)10-21-14-7-5-6-13(19)8-14/h5-8,10-11,24H,4H2,1-3H3. The van der Waals surface area contributed by atoms with Crippen LogP contribution >= 0.6 is 15.9 Å². The van der Waals surface area contributed by atoms with Crippen LogP contribution in [0.25, 0.3) is 0 Å². The third-order valence-corrected chi connectivity index (χ3v) is 4.47. The van der Waals surface area contributed by atoms with Crippen LogP contribution in [0.3, 0.4) is 0 Å². The molecule has 0 saturated heterocycles. The molecule has 1 atom stereocenters. The maximum absolute atomic E-state index is 12.4. The molecule has 0 radical (unpaired) electrons. The van der Waals surface area contributed by atoms with E-state index in [4.69, 9.17) is 0 Å². The van der Waals surface area contributed by atoms with E-state index >= 15 is 0 Å². The first-order valence-electron chi connectivity index (χ1n) is 7.58. The minimum absolute atomic E-state index is 0.0313. The van der Waals surface area contributed by atoms with Crippen molar-refractivity contribution in [1.29, 1.82) is 5.26 Å². The molecule has 24 heavy (non-hydrogen) atoms. The van der Waals surface area contributed by atoms with E-state index in [0.29, 0.717) is 23.2 Å². The molecule has 0 amide bonds. The highest BCUT2D eigenvalue weighted by Crippen LogP contribution is 2.25. The SMILES string of the molecule is CCC(C)n1c(O)c(C=Nc2cccc(Br)c2)c(C)c(C#N)c1=O. The summed E-state index contributed by atoms with van der Waals surface area (Å²) in [6.45, 7) is 5.38. The van der Waals surface area contributed by atoms with E-state index in [1.165, 1.54) is 10.8 Å². The number of aromatic hydroxyl groups is 1. The lowest BCUT2D eigenvalue weighted by molar-refractivity contribution is 0.372. The van der Waals surface area contributed by atoms with Crippen LogP contribution in [0.4, 0.5) is 5.69 Å². The maximum atomic E-state index is 12.4. The van der Waals surface area contributed by atoms with E-state index in [9.17, 15) is 15.2 Å². The van der Waals surface area contributed by atoms with Crippen LogP contribution in [0, 0.1) is 18.3 Å². The second-order valence-corrected chi connectivity index (χ2v) is 6.44. The fraction of sp³-hybridized carbons (Fsp3) is 0.278. The summed E-state index contributed by atoms with van der Waals surface area (Å²) in [5.41, 5.74) is 1.07. The molecule has 1 N–H and O–H groups in total. The molecule has 0 saturated carbocycles. The van der Waals surface area contributed by atoms with Gasteiger partial charge in [0.05, 0.1) is 11.3 Å². The number of aliphatic imine (C=N–C) groups is 1. The highest BCUT2D eigenvalue weighted by molar-refractivity contribution is 9.10. The molecule has 2 aromatic rings. The predicted molar refractivity (Wildman–Crippen MR) is 98.2 cm³/mol. The number of nitriles is 1. The van der Waals surface area contributed by atoms with Crippen LogP contribution in [0.2, 0.25) is 0 Å². The molecule has 0 aliphatic rings. The fourth-order valence-corrected chi connectivity index (χ4v) is 2.77. The lowest BCUT2D eigenvalue weighted by Crippen LogP contribution is -2.27. The molecule has 2 rings (SSSR count). The van der Waals surface area contributed by atoms with E-state index < -0.39 is 5.56 Å². The Morgan fingerprint density at radius 2 is 2.21 bits per heavy atom. The summed E-state index contributed by atoms with van der Waals surface area (Å²) in [5.74, 6) is -0.162. The molecule has 0 aliphatic heterocycles. The van der Waals surface area contributed by atoms with Gasteiger partial charge >= 0.3 is 0 Å². The Morgan fingerprint density at radius 1 is 1.50 bits per heavy atom. The second-order valence-electron chi connectivity index (χ2n) is 5.52. The van der Waals surface area contributed by atoms with Crippen LogP contribution in [0.1, 0.15) is 43.0 Å². The Bertz CT molecular complexity index is 894. The van der Waals surface area contributed by atoms with Gasteiger partial charge in [0.15, 0.2) is 0 Å². The minimum atomic E-state index is -0.471. The van der Waals surface area contributed by atoms with Gasteiger partial charge in [0.1, 0.15) is 11.6 Å². The zero-order valence-corrected chi connectivity index (χ0v) is 15.3. The molecule has 5 nitrogen and oxygen atoms in total. The normalized spacial score (nSPS) is 12.3. The van der Waals surface area contributed by atoms with Crippen molar-refractivity contribution >= 4 is 27.8 Å². The van der Waals surface area contributed by atoms with Gasteiger partial charge in [-0.15, -0.1) is 0 Å². The van der Waals surface area contributed by atoms with E-state index in [1.54, 1.807) is 6.92 Å². The van der Waals surface area contributed by atoms with Crippen molar-refractivity contribution in [3.05, 3.63) is 55.8 Å². The van der Waals surface area contributed by atoms with Crippen LogP contribution in [-0.4, -0.2) is 15.9 Å². The van der Waals surface area contributed by atoms with Gasteiger partial charge in [-0.05, 0) is 44.0 Å². The van der Waals surface area contributed by atoms with E-state index in [-0.39, 0.29) is 17.5 Å². The van der Waals surface area contributed by atoms with Gasteiger partial charge in [0.2, 0.25) is 5.88 Å². The highest BCUT2D eigenvalue weighted by Gasteiger charge is 2.20. The summed E-state index contributed by atoms with van der Waals surface area (Å²) in [5, 5.41) is 19.9. The zero-order chi connectivity index (χ0) is 17.9.